The normalized spacial score (nSPS) is 28.4. The minimum atomic E-state index is -2.63. The van der Waals surface area contributed by atoms with Gasteiger partial charge in [-0.1, -0.05) is 6.07 Å². The third-order valence-corrected chi connectivity index (χ3v) is 7.51. The lowest BCUT2D eigenvalue weighted by Gasteiger charge is -2.50. The van der Waals surface area contributed by atoms with E-state index in [4.69, 9.17) is 5.73 Å². The van der Waals surface area contributed by atoms with Crippen LogP contribution in [0.2, 0.25) is 0 Å². The van der Waals surface area contributed by atoms with Gasteiger partial charge in [-0.05, 0) is 65.0 Å². The van der Waals surface area contributed by atoms with Crippen molar-refractivity contribution >= 4 is 17.5 Å². The number of ketones is 2. The van der Waals surface area contributed by atoms with Crippen molar-refractivity contribution in [3.8, 4) is 5.75 Å². The summed E-state index contributed by atoms with van der Waals surface area (Å²) in [6.45, 7) is 2.22. The van der Waals surface area contributed by atoms with Crippen molar-refractivity contribution in [1.82, 2.24) is 9.80 Å². The van der Waals surface area contributed by atoms with Crippen LogP contribution < -0.4 is 5.73 Å². The molecule has 1 aromatic rings. The molecule has 35 heavy (non-hydrogen) atoms. The molecular formula is C25H31N3O7. The van der Waals surface area contributed by atoms with E-state index in [2.05, 4.69) is 0 Å². The van der Waals surface area contributed by atoms with Gasteiger partial charge in [-0.2, -0.15) is 0 Å². The van der Waals surface area contributed by atoms with Gasteiger partial charge in [0.25, 0.3) is 5.91 Å². The second-order valence-corrected chi connectivity index (χ2v) is 10.3. The molecule has 0 spiro atoms. The highest BCUT2D eigenvalue weighted by Crippen LogP contribution is 2.52. The van der Waals surface area contributed by atoms with E-state index in [1.54, 1.807) is 14.1 Å². The van der Waals surface area contributed by atoms with Crippen LogP contribution in [0.1, 0.15) is 33.5 Å². The van der Waals surface area contributed by atoms with Crippen molar-refractivity contribution in [2.45, 2.75) is 38.0 Å². The number of benzene rings is 1. The summed E-state index contributed by atoms with van der Waals surface area (Å²) in [5.41, 5.74) is 3.78. The number of nitrogens with two attached hydrogens (primary N) is 1. The summed E-state index contributed by atoms with van der Waals surface area (Å²) in [7, 11) is 6.85. The Balaban J connectivity index is 1.95. The minimum absolute atomic E-state index is 0.0441. The van der Waals surface area contributed by atoms with Gasteiger partial charge < -0.3 is 31.1 Å². The molecule has 0 aliphatic heterocycles. The Bertz CT molecular complexity index is 1230. The Labute approximate surface area is 202 Å². The summed E-state index contributed by atoms with van der Waals surface area (Å²) >= 11 is 0. The van der Waals surface area contributed by atoms with E-state index in [-0.39, 0.29) is 29.7 Å². The van der Waals surface area contributed by atoms with E-state index in [1.807, 2.05) is 32.0 Å². The van der Waals surface area contributed by atoms with E-state index in [0.717, 1.165) is 5.56 Å². The fourth-order valence-electron chi connectivity index (χ4n) is 6.04. The van der Waals surface area contributed by atoms with Crippen LogP contribution in [0, 0.1) is 18.8 Å². The number of phenolic OH excluding ortho intramolecular Hbond substituents is 1. The molecule has 0 radical (unpaired) electrons. The van der Waals surface area contributed by atoms with Crippen molar-refractivity contribution in [2.75, 3.05) is 28.2 Å². The number of phenols is 1. The largest absolute Gasteiger partial charge is 0.510 e. The van der Waals surface area contributed by atoms with Gasteiger partial charge in [0.15, 0.2) is 11.4 Å². The van der Waals surface area contributed by atoms with Crippen molar-refractivity contribution in [3.05, 3.63) is 51.0 Å². The minimum Gasteiger partial charge on any atom is -0.510 e. The number of carbonyl (C=O) groups excluding carboxylic acids is 3. The quantitative estimate of drug-likeness (QED) is 0.382. The number of Topliss-reactive ketones (excluding diaryl/α,β-unsaturated/α-hetero) is 2. The molecule has 0 unspecified atom stereocenters. The maximum Gasteiger partial charge on any atom is 0.255 e. The smallest absolute Gasteiger partial charge is 0.255 e. The first kappa shape index (κ1) is 24.9. The van der Waals surface area contributed by atoms with E-state index in [1.165, 1.54) is 4.90 Å². The van der Waals surface area contributed by atoms with Gasteiger partial charge in [0.05, 0.1) is 11.6 Å². The average Bonchev–Trinajstić information content (AvgIpc) is 2.73. The van der Waals surface area contributed by atoms with Crippen molar-refractivity contribution in [1.29, 1.82) is 0 Å². The number of aliphatic hydroxyl groups excluding tert-OH is 2. The highest BCUT2D eigenvalue weighted by Gasteiger charge is 2.63. The number of carbonyl (C=O) groups is 3. The first-order valence-corrected chi connectivity index (χ1v) is 11.4. The molecule has 0 bridgehead atoms. The highest BCUT2D eigenvalue weighted by molar-refractivity contribution is 6.24. The van der Waals surface area contributed by atoms with Crippen LogP contribution in [0.25, 0.3) is 0 Å². The molecule has 10 nitrogen and oxygen atoms in total. The van der Waals surface area contributed by atoms with Crippen LogP contribution in [0.3, 0.4) is 0 Å². The summed E-state index contributed by atoms with van der Waals surface area (Å²) in [5.74, 6) is -6.39. The van der Waals surface area contributed by atoms with Crippen LogP contribution in [-0.4, -0.2) is 87.5 Å². The zero-order valence-corrected chi connectivity index (χ0v) is 20.4. The number of likely N-dealkylation sites (N-methyl/N-ethyl adjacent to an activating group) is 1. The van der Waals surface area contributed by atoms with Gasteiger partial charge >= 0.3 is 0 Å². The monoisotopic (exact) mass is 485 g/mol. The van der Waals surface area contributed by atoms with Crippen LogP contribution in [0.5, 0.6) is 5.75 Å². The van der Waals surface area contributed by atoms with Crippen LogP contribution >= 0.6 is 0 Å². The number of hydrogen-bond donors (Lipinski definition) is 5. The van der Waals surface area contributed by atoms with Gasteiger partial charge in [-0.3, -0.25) is 19.3 Å². The summed E-state index contributed by atoms with van der Waals surface area (Å²) in [4.78, 5) is 42.4. The zero-order valence-electron chi connectivity index (χ0n) is 20.4. The lowest BCUT2D eigenvalue weighted by molar-refractivity contribution is -0.148. The van der Waals surface area contributed by atoms with E-state index in [0.29, 0.717) is 17.7 Å². The third kappa shape index (κ3) is 3.39. The molecule has 0 heterocycles. The first-order chi connectivity index (χ1) is 16.2. The van der Waals surface area contributed by atoms with Crippen molar-refractivity contribution in [2.24, 2.45) is 17.6 Å². The maximum atomic E-state index is 13.7. The summed E-state index contributed by atoms with van der Waals surface area (Å²) in [6, 6.07) is 0.827. The second kappa shape index (κ2) is 8.18. The number of hydrogen-bond acceptors (Lipinski definition) is 9. The molecule has 0 aromatic heterocycles. The molecule has 0 fully saturated rings. The number of aryl methyl sites for hydroxylation is 1. The topological polar surface area (TPSA) is 165 Å². The fourth-order valence-corrected chi connectivity index (χ4v) is 6.04. The Kier molecular flexibility index (Phi) is 5.82. The fraction of sp³-hybridized carbons (Fsp3) is 0.480. The third-order valence-electron chi connectivity index (χ3n) is 7.51. The molecule has 10 heteroatoms. The van der Waals surface area contributed by atoms with Crippen LogP contribution in [-0.2, 0) is 22.6 Å². The van der Waals surface area contributed by atoms with Gasteiger partial charge in [-0.15, -0.1) is 0 Å². The van der Waals surface area contributed by atoms with Gasteiger partial charge in [-0.25, -0.2) is 0 Å². The summed E-state index contributed by atoms with van der Waals surface area (Å²) in [5, 5.41) is 44.7. The number of aromatic hydroxyl groups is 1. The standard InChI is InChI=1S/C25H31N3O7/c1-10-6-12(9-27(2)3)19(29)16-13(10)7-11-8-14-18(28(4)5)21(31)17(24(26)34)23(33)25(14,35)22(32)15(11)20(16)30/h6,11,14,18,29,31-32,35H,7-9H2,1-5H3,(H2,26,34)/t11-,14-,18-,25-/m0/s1. The van der Waals surface area contributed by atoms with Gasteiger partial charge in [0.1, 0.15) is 22.8 Å². The van der Waals surface area contributed by atoms with Gasteiger partial charge in [0, 0.05) is 23.6 Å². The van der Waals surface area contributed by atoms with E-state index in [9.17, 15) is 34.8 Å². The number of fused-ring (bicyclic) bond motifs is 3. The maximum absolute atomic E-state index is 13.7. The number of amides is 1. The van der Waals surface area contributed by atoms with E-state index < -0.39 is 58.0 Å². The first-order valence-electron chi connectivity index (χ1n) is 11.4. The molecule has 3 aliphatic rings. The lowest BCUT2D eigenvalue weighted by atomic mass is 9.58. The number of allylic oxidation sites excluding steroid dienone is 1. The molecule has 6 N–H and O–H groups in total. The zero-order chi connectivity index (χ0) is 26.1. The van der Waals surface area contributed by atoms with Crippen molar-refractivity contribution in [3.63, 3.8) is 0 Å². The molecule has 0 saturated carbocycles. The molecule has 1 aromatic carbocycles. The molecule has 4 atom stereocenters. The molecule has 188 valence electrons. The molecule has 0 saturated heterocycles. The predicted octanol–water partition coefficient (Wildman–Crippen LogP) is 0.491. The van der Waals surface area contributed by atoms with Crippen molar-refractivity contribution < 1.29 is 34.8 Å². The summed E-state index contributed by atoms with van der Waals surface area (Å²) in [6.07, 6.45) is 0.363. The number of rotatable bonds is 4. The number of aliphatic hydroxyl groups is 3. The Hall–Kier alpha value is -3.21. The predicted molar refractivity (Wildman–Crippen MR) is 126 cm³/mol. The summed E-state index contributed by atoms with van der Waals surface area (Å²) < 4.78 is 0. The number of nitrogens with zero attached hydrogens (tertiary/aromatic N) is 2. The lowest BCUT2D eigenvalue weighted by Crippen LogP contribution is -2.63. The Morgan fingerprint density at radius 3 is 2.34 bits per heavy atom. The average molecular weight is 486 g/mol. The second-order valence-electron chi connectivity index (χ2n) is 10.3. The Morgan fingerprint density at radius 1 is 1.17 bits per heavy atom. The van der Waals surface area contributed by atoms with E-state index >= 15 is 0 Å². The molecule has 1 amide bonds. The molecule has 4 rings (SSSR count). The van der Waals surface area contributed by atoms with Gasteiger partial charge in [0.2, 0.25) is 5.78 Å². The highest BCUT2D eigenvalue weighted by atomic mass is 16.3. The Morgan fingerprint density at radius 2 is 1.80 bits per heavy atom. The number of primary amides is 1. The van der Waals surface area contributed by atoms with Crippen LogP contribution in [0.4, 0.5) is 0 Å². The van der Waals surface area contributed by atoms with Crippen LogP contribution in [0.15, 0.2) is 28.7 Å². The SMILES string of the molecule is Cc1cc(CN(C)C)c(O)c2c1C[C@H]1C[C@H]3[C@H](N(C)C)C(O)=C(C(N)=O)C(=O)[C@@]3(O)C(O)=C1C2=O. The molecular weight excluding hydrogens is 454 g/mol. The molecule has 3 aliphatic carbocycles.